The monoisotopic (exact) mass is 499 g/mol. The lowest BCUT2D eigenvalue weighted by Gasteiger charge is -2.24. The quantitative estimate of drug-likeness (QED) is 0.338. The van der Waals surface area contributed by atoms with E-state index in [-0.39, 0.29) is 18.1 Å². The van der Waals surface area contributed by atoms with Crippen molar-refractivity contribution in [1.82, 2.24) is 14.5 Å². The number of aromatic nitrogens is 3. The van der Waals surface area contributed by atoms with Crippen molar-refractivity contribution in [3.05, 3.63) is 98.8 Å². The van der Waals surface area contributed by atoms with Crippen LogP contribution in [0, 0.1) is 0 Å². The minimum Gasteiger partial charge on any atom is -0.496 e. The standard InChI is InChI=1S/C28H29N5O4/c1-3-4-17-32-26(29)25(27(35)31-28(32)36)33(18-20-10-6-8-12-23(20)37-2)24(34)16-15-21-14-13-19-9-5-7-11-22(19)30-21/h5-16H,3-4,17-18,29H2,1-2H3,(H,31,35,36). The van der Waals surface area contributed by atoms with E-state index >= 15 is 0 Å². The SMILES string of the molecule is CCCCn1c(N)c(N(Cc2ccccc2OC)C(=O)C=Cc2ccc3ccccc3n2)c(=O)[nH]c1=O. The van der Waals surface area contributed by atoms with E-state index in [0.717, 1.165) is 17.3 Å². The molecule has 0 aliphatic carbocycles. The molecule has 9 heteroatoms. The largest absolute Gasteiger partial charge is 0.496 e. The van der Waals surface area contributed by atoms with Gasteiger partial charge < -0.3 is 10.5 Å². The highest BCUT2D eigenvalue weighted by molar-refractivity contribution is 6.05. The number of carbonyl (C=O) groups is 1. The molecular weight excluding hydrogens is 470 g/mol. The Morgan fingerprint density at radius 2 is 1.86 bits per heavy atom. The van der Waals surface area contributed by atoms with Crippen molar-refractivity contribution in [1.29, 1.82) is 0 Å². The Labute approximate surface area is 213 Å². The minimum atomic E-state index is -0.740. The van der Waals surface area contributed by atoms with Gasteiger partial charge in [-0.15, -0.1) is 0 Å². The van der Waals surface area contributed by atoms with Gasteiger partial charge in [-0.25, -0.2) is 9.78 Å². The first-order valence-electron chi connectivity index (χ1n) is 12.0. The molecule has 3 N–H and O–H groups in total. The van der Waals surface area contributed by atoms with Crippen LogP contribution < -0.4 is 26.6 Å². The summed E-state index contributed by atoms with van der Waals surface area (Å²) >= 11 is 0. The number of ether oxygens (including phenoxy) is 1. The second-order valence-corrected chi connectivity index (χ2v) is 8.50. The normalized spacial score (nSPS) is 11.2. The molecule has 4 rings (SSSR count). The maximum atomic E-state index is 13.6. The molecule has 0 radical (unpaired) electrons. The van der Waals surface area contributed by atoms with E-state index in [1.807, 2.05) is 55.5 Å². The number of nitrogens with one attached hydrogen (secondary N) is 1. The summed E-state index contributed by atoms with van der Waals surface area (Å²) in [5, 5.41) is 0.984. The molecule has 0 fully saturated rings. The fourth-order valence-corrected chi connectivity index (χ4v) is 4.07. The molecule has 0 aliphatic rings. The van der Waals surface area contributed by atoms with Crippen molar-refractivity contribution < 1.29 is 9.53 Å². The zero-order chi connectivity index (χ0) is 26.4. The van der Waals surface area contributed by atoms with E-state index < -0.39 is 17.2 Å². The summed E-state index contributed by atoms with van der Waals surface area (Å²) in [4.78, 5) is 47.2. The number of pyridine rings is 1. The molecule has 37 heavy (non-hydrogen) atoms. The molecule has 1 amide bonds. The molecule has 0 saturated carbocycles. The van der Waals surface area contributed by atoms with Crippen LogP contribution in [-0.2, 0) is 17.9 Å². The highest BCUT2D eigenvalue weighted by Crippen LogP contribution is 2.25. The Morgan fingerprint density at radius 1 is 1.11 bits per heavy atom. The Hall–Kier alpha value is -4.66. The maximum absolute atomic E-state index is 13.6. The van der Waals surface area contributed by atoms with Crippen LogP contribution >= 0.6 is 0 Å². The van der Waals surface area contributed by atoms with Gasteiger partial charge in [0.05, 0.1) is 24.9 Å². The molecule has 9 nitrogen and oxygen atoms in total. The Morgan fingerprint density at radius 3 is 2.65 bits per heavy atom. The Bertz CT molecular complexity index is 1570. The van der Waals surface area contributed by atoms with Crippen LogP contribution in [0.5, 0.6) is 5.75 Å². The number of unbranched alkanes of at least 4 members (excludes halogenated alkanes) is 1. The lowest BCUT2D eigenvalue weighted by molar-refractivity contribution is -0.114. The van der Waals surface area contributed by atoms with Crippen molar-refractivity contribution in [2.24, 2.45) is 0 Å². The number of nitrogen functional groups attached to an aromatic ring is 1. The summed E-state index contributed by atoms with van der Waals surface area (Å²) in [6.07, 6.45) is 4.43. The number of nitrogens with two attached hydrogens (primary N) is 1. The molecule has 0 saturated heterocycles. The van der Waals surface area contributed by atoms with Gasteiger partial charge in [-0.3, -0.25) is 24.0 Å². The number of methoxy groups -OCH3 is 1. The number of anilines is 2. The van der Waals surface area contributed by atoms with Crippen molar-refractivity contribution in [2.75, 3.05) is 17.7 Å². The number of fused-ring (bicyclic) bond motifs is 1. The summed E-state index contributed by atoms with van der Waals surface area (Å²) in [7, 11) is 1.53. The van der Waals surface area contributed by atoms with Crippen molar-refractivity contribution in [3.8, 4) is 5.75 Å². The molecule has 2 aromatic heterocycles. The molecule has 0 unspecified atom stereocenters. The highest BCUT2D eigenvalue weighted by atomic mass is 16.5. The number of H-pyrrole nitrogens is 1. The zero-order valence-corrected chi connectivity index (χ0v) is 20.8. The van der Waals surface area contributed by atoms with Gasteiger partial charge in [-0.05, 0) is 30.7 Å². The van der Waals surface area contributed by atoms with E-state index in [9.17, 15) is 14.4 Å². The first-order valence-corrected chi connectivity index (χ1v) is 12.0. The second kappa shape index (κ2) is 11.4. The number of nitrogens with zero attached hydrogens (tertiary/aromatic N) is 3. The van der Waals surface area contributed by atoms with Gasteiger partial charge in [0.25, 0.3) is 11.5 Å². The summed E-state index contributed by atoms with van der Waals surface area (Å²) in [5.74, 6) is -0.0174. The number of amides is 1. The summed E-state index contributed by atoms with van der Waals surface area (Å²) < 4.78 is 6.74. The third-order valence-electron chi connectivity index (χ3n) is 6.02. The molecule has 190 valence electrons. The number of benzene rings is 2. The molecule has 0 atom stereocenters. The lowest BCUT2D eigenvalue weighted by Crippen LogP contribution is -2.40. The third-order valence-corrected chi connectivity index (χ3v) is 6.02. The predicted molar refractivity (Wildman–Crippen MR) is 146 cm³/mol. The first-order chi connectivity index (χ1) is 17.9. The highest BCUT2D eigenvalue weighted by Gasteiger charge is 2.24. The van der Waals surface area contributed by atoms with E-state index in [0.29, 0.717) is 30.0 Å². The van der Waals surface area contributed by atoms with Gasteiger partial charge in [0.2, 0.25) is 0 Å². The van der Waals surface area contributed by atoms with E-state index in [1.165, 1.54) is 22.7 Å². The molecule has 4 aromatic rings. The van der Waals surface area contributed by atoms with Gasteiger partial charge >= 0.3 is 5.69 Å². The lowest BCUT2D eigenvalue weighted by atomic mass is 10.1. The van der Waals surface area contributed by atoms with Gasteiger partial charge in [-0.2, -0.15) is 0 Å². The van der Waals surface area contributed by atoms with Crippen LogP contribution in [-0.4, -0.2) is 27.6 Å². The van der Waals surface area contributed by atoms with Crippen molar-refractivity contribution in [3.63, 3.8) is 0 Å². The molecule has 2 aromatic carbocycles. The smallest absolute Gasteiger partial charge is 0.330 e. The third kappa shape index (κ3) is 5.61. The predicted octanol–water partition coefficient (Wildman–Crippen LogP) is 3.72. The van der Waals surface area contributed by atoms with Crippen LogP contribution in [0.25, 0.3) is 17.0 Å². The summed E-state index contributed by atoms with van der Waals surface area (Å²) in [5.41, 5.74) is 6.94. The van der Waals surface area contributed by atoms with Crippen LogP contribution in [0.1, 0.15) is 31.0 Å². The topological polar surface area (TPSA) is 123 Å². The number of hydrogen-bond acceptors (Lipinski definition) is 6. The fraction of sp³-hybridized carbons (Fsp3) is 0.214. The Kier molecular flexibility index (Phi) is 7.83. The van der Waals surface area contributed by atoms with Gasteiger partial charge in [0.15, 0.2) is 5.69 Å². The van der Waals surface area contributed by atoms with E-state index in [1.54, 1.807) is 18.2 Å². The summed E-state index contributed by atoms with van der Waals surface area (Å²) in [6, 6.07) is 18.6. The van der Waals surface area contributed by atoms with E-state index in [4.69, 9.17) is 10.5 Å². The van der Waals surface area contributed by atoms with Crippen molar-refractivity contribution >= 4 is 34.4 Å². The van der Waals surface area contributed by atoms with Crippen molar-refractivity contribution in [2.45, 2.75) is 32.9 Å². The number of para-hydroxylation sites is 2. The van der Waals surface area contributed by atoms with Gasteiger partial charge in [0, 0.05) is 23.6 Å². The van der Waals surface area contributed by atoms with Crippen LogP contribution in [0.4, 0.5) is 11.5 Å². The first kappa shape index (κ1) is 25.4. The average molecular weight is 500 g/mol. The van der Waals surface area contributed by atoms with Gasteiger partial charge in [0.1, 0.15) is 11.6 Å². The zero-order valence-electron chi connectivity index (χ0n) is 20.8. The maximum Gasteiger partial charge on any atom is 0.330 e. The van der Waals surface area contributed by atoms with Crippen LogP contribution in [0.3, 0.4) is 0 Å². The summed E-state index contributed by atoms with van der Waals surface area (Å²) in [6.45, 7) is 2.30. The molecule has 2 heterocycles. The van der Waals surface area contributed by atoms with Crippen LogP contribution in [0.15, 0.2) is 76.3 Å². The average Bonchev–Trinajstić information content (AvgIpc) is 2.91. The number of rotatable bonds is 9. The molecule has 0 spiro atoms. The second-order valence-electron chi connectivity index (χ2n) is 8.50. The van der Waals surface area contributed by atoms with E-state index in [2.05, 4.69) is 9.97 Å². The molecular formula is C28H29N5O4. The molecule has 0 bridgehead atoms. The number of aromatic amines is 1. The number of carbonyl (C=O) groups excluding carboxylic acids is 1. The Balaban J connectivity index is 1.78. The minimum absolute atomic E-state index is 0.00238. The number of hydrogen-bond donors (Lipinski definition) is 2. The van der Waals surface area contributed by atoms with Crippen LogP contribution in [0.2, 0.25) is 0 Å². The van der Waals surface area contributed by atoms with Gasteiger partial charge in [-0.1, -0.05) is 55.8 Å². The fourth-order valence-electron chi connectivity index (χ4n) is 4.07. The molecule has 0 aliphatic heterocycles.